The van der Waals surface area contributed by atoms with E-state index in [0.717, 1.165) is 19.5 Å². The highest BCUT2D eigenvalue weighted by atomic mass is 35.5. The number of amides is 1. The largest absolute Gasteiger partial charge is 0.366 e. The SMILES string of the molecule is CC1(C)CC2CC(C)(CN2C(=O)C2CNCCO2)C1.Cl. The molecule has 0 spiro atoms. The van der Waals surface area contributed by atoms with Gasteiger partial charge in [-0.3, -0.25) is 4.79 Å². The predicted octanol–water partition coefficient (Wildman–Crippen LogP) is 1.82. The number of nitrogens with zero attached hydrogens (tertiary/aromatic N) is 1. The van der Waals surface area contributed by atoms with Gasteiger partial charge in [0, 0.05) is 25.7 Å². The maximum absolute atomic E-state index is 12.7. The van der Waals surface area contributed by atoms with Crippen LogP contribution in [0.4, 0.5) is 0 Å². The Kier molecular flexibility index (Phi) is 4.39. The van der Waals surface area contributed by atoms with Crippen LogP contribution in [-0.4, -0.2) is 49.2 Å². The number of halogens is 1. The normalized spacial score (nSPS) is 39.2. The van der Waals surface area contributed by atoms with Crippen LogP contribution < -0.4 is 5.32 Å². The summed E-state index contributed by atoms with van der Waals surface area (Å²) in [5.41, 5.74) is 0.669. The number of carbonyl (C=O) groups excluding carboxylic acids is 1. The van der Waals surface area contributed by atoms with E-state index in [1.165, 1.54) is 12.8 Å². The summed E-state index contributed by atoms with van der Waals surface area (Å²) in [6, 6.07) is 0.423. The van der Waals surface area contributed by atoms with E-state index >= 15 is 0 Å². The van der Waals surface area contributed by atoms with Crippen molar-refractivity contribution in [3.8, 4) is 0 Å². The highest BCUT2D eigenvalue weighted by Gasteiger charge is 2.51. The van der Waals surface area contributed by atoms with E-state index in [-0.39, 0.29) is 24.4 Å². The molecule has 1 aliphatic carbocycles. The molecule has 0 aromatic rings. The number of hydrogen-bond donors (Lipinski definition) is 1. The van der Waals surface area contributed by atoms with Gasteiger partial charge >= 0.3 is 0 Å². The molecule has 116 valence electrons. The van der Waals surface area contributed by atoms with Crippen molar-refractivity contribution in [1.29, 1.82) is 0 Å². The fourth-order valence-electron chi connectivity index (χ4n) is 4.63. The number of likely N-dealkylation sites (tertiary alicyclic amines) is 1. The highest BCUT2D eigenvalue weighted by Crippen LogP contribution is 2.52. The molecule has 3 unspecified atom stereocenters. The topological polar surface area (TPSA) is 41.6 Å². The Morgan fingerprint density at radius 3 is 2.70 bits per heavy atom. The molecule has 1 saturated carbocycles. The first-order chi connectivity index (χ1) is 8.89. The first-order valence-electron chi connectivity index (χ1n) is 7.51. The fraction of sp³-hybridized carbons (Fsp3) is 0.933. The van der Waals surface area contributed by atoms with E-state index in [4.69, 9.17) is 4.74 Å². The Morgan fingerprint density at radius 1 is 1.30 bits per heavy atom. The molecule has 0 aromatic carbocycles. The quantitative estimate of drug-likeness (QED) is 0.803. The van der Waals surface area contributed by atoms with Crippen LogP contribution in [0.5, 0.6) is 0 Å². The van der Waals surface area contributed by atoms with Gasteiger partial charge in [0.15, 0.2) is 0 Å². The first kappa shape index (κ1) is 16.1. The number of hydrogen-bond acceptors (Lipinski definition) is 3. The van der Waals surface area contributed by atoms with E-state index in [9.17, 15) is 4.79 Å². The van der Waals surface area contributed by atoms with Crippen molar-refractivity contribution in [1.82, 2.24) is 10.2 Å². The van der Waals surface area contributed by atoms with Crippen LogP contribution in [0.1, 0.15) is 40.0 Å². The third-order valence-corrected chi connectivity index (χ3v) is 4.90. The molecule has 2 aliphatic heterocycles. The van der Waals surface area contributed by atoms with Crippen LogP contribution in [0, 0.1) is 10.8 Å². The van der Waals surface area contributed by atoms with Gasteiger partial charge in [-0.2, -0.15) is 0 Å². The number of nitrogens with one attached hydrogen (secondary N) is 1. The summed E-state index contributed by atoms with van der Waals surface area (Å²) < 4.78 is 5.63. The molecule has 1 N–H and O–H groups in total. The van der Waals surface area contributed by atoms with Crippen LogP contribution in [-0.2, 0) is 9.53 Å². The van der Waals surface area contributed by atoms with Crippen molar-refractivity contribution in [2.75, 3.05) is 26.2 Å². The summed E-state index contributed by atoms with van der Waals surface area (Å²) in [5, 5.41) is 3.25. The van der Waals surface area contributed by atoms with E-state index < -0.39 is 0 Å². The van der Waals surface area contributed by atoms with Gasteiger partial charge in [0.25, 0.3) is 5.91 Å². The predicted molar refractivity (Wildman–Crippen MR) is 81.1 cm³/mol. The summed E-state index contributed by atoms with van der Waals surface area (Å²) in [7, 11) is 0. The average molecular weight is 303 g/mol. The Morgan fingerprint density at radius 2 is 2.05 bits per heavy atom. The molecule has 0 aromatic heterocycles. The number of fused-ring (bicyclic) bond motifs is 2. The summed E-state index contributed by atoms with van der Waals surface area (Å²) >= 11 is 0. The second-order valence-corrected chi connectivity index (χ2v) is 7.74. The zero-order valence-corrected chi connectivity index (χ0v) is 13.6. The Bertz CT molecular complexity index is 382. The number of carbonyl (C=O) groups is 1. The molecule has 0 radical (unpaired) electrons. The third-order valence-electron chi connectivity index (χ3n) is 4.90. The van der Waals surface area contributed by atoms with Crippen LogP contribution in [0.2, 0.25) is 0 Å². The van der Waals surface area contributed by atoms with Crippen LogP contribution in [0.3, 0.4) is 0 Å². The molecule has 2 saturated heterocycles. The zero-order chi connectivity index (χ0) is 13.7. The third kappa shape index (κ3) is 2.97. The average Bonchev–Trinajstić information content (AvgIpc) is 2.59. The minimum atomic E-state index is -0.264. The fourth-order valence-corrected chi connectivity index (χ4v) is 4.63. The molecule has 3 fully saturated rings. The standard InChI is InChI=1S/C15H26N2O2.ClH/c1-14(2)6-11-7-15(3,9-14)10-17(11)13(18)12-8-16-4-5-19-12;/h11-12,16H,4-10H2,1-3H3;1H. The molecule has 3 atom stereocenters. The lowest BCUT2D eigenvalue weighted by Gasteiger charge is -2.39. The molecule has 5 heteroatoms. The van der Waals surface area contributed by atoms with Crippen molar-refractivity contribution in [2.24, 2.45) is 10.8 Å². The molecular formula is C15H27ClN2O2. The second-order valence-electron chi connectivity index (χ2n) is 7.74. The number of morpholine rings is 1. The van der Waals surface area contributed by atoms with Crippen molar-refractivity contribution < 1.29 is 9.53 Å². The summed E-state index contributed by atoms with van der Waals surface area (Å²) in [4.78, 5) is 14.8. The summed E-state index contributed by atoms with van der Waals surface area (Å²) in [6.45, 7) is 10.1. The summed E-state index contributed by atoms with van der Waals surface area (Å²) in [5.74, 6) is 0.207. The molecule has 2 bridgehead atoms. The van der Waals surface area contributed by atoms with E-state index in [0.29, 0.717) is 30.0 Å². The van der Waals surface area contributed by atoms with Gasteiger partial charge in [-0.1, -0.05) is 20.8 Å². The molecule has 3 rings (SSSR count). The van der Waals surface area contributed by atoms with Gasteiger partial charge in [0.05, 0.1) is 6.61 Å². The number of rotatable bonds is 1. The lowest BCUT2D eigenvalue weighted by molar-refractivity contribution is -0.146. The summed E-state index contributed by atoms with van der Waals surface area (Å²) in [6.07, 6.45) is 3.26. The Balaban J connectivity index is 0.00000147. The minimum absolute atomic E-state index is 0. The monoisotopic (exact) mass is 302 g/mol. The van der Waals surface area contributed by atoms with Crippen LogP contribution in [0.25, 0.3) is 0 Å². The van der Waals surface area contributed by atoms with Crippen LogP contribution in [0.15, 0.2) is 0 Å². The van der Waals surface area contributed by atoms with Crippen molar-refractivity contribution in [2.45, 2.75) is 52.2 Å². The van der Waals surface area contributed by atoms with E-state index in [1.54, 1.807) is 0 Å². The van der Waals surface area contributed by atoms with Crippen LogP contribution >= 0.6 is 12.4 Å². The van der Waals surface area contributed by atoms with Gasteiger partial charge in [-0.25, -0.2) is 0 Å². The smallest absolute Gasteiger partial charge is 0.253 e. The maximum atomic E-state index is 12.7. The lowest BCUT2D eigenvalue weighted by atomic mass is 9.65. The minimum Gasteiger partial charge on any atom is -0.366 e. The lowest BCUT2D eigenvalue weighted by Crippen LogP contribution is -2.50. The zero-order valence-electron chi connectivity index (χ0n) is 12.8. The van der Waals surface area contributed by atoms with Crippen molar-refractivity contribution >= 4 is 18.3 Å². The molecule has 1 amide bonds. The molecular weight excluding hydrogens is 276 g/mol. The van der Waals surface area contributed by atoms with Gasteiger partial charge in [0.2, 0.25) is 0 Å². The van der Waals surface area contributed by atoms with Gasteiger partial charge in [-0.05, 0) is 30.1 Å². The molecule has 20 heavy (non-hydrogen) atoms. The molecule has 3 aliphatic rings. The number of ether oxygens (including phenoxy) is 1. The molecule has 2 heterocycles. The maximum Gasteiger partial charge on any atom is 0.253 e. The van der Waals surface area contributed by atoms with E-state index in [2.05, 4.69) is 31.0 Å². The Labute approximate surface area is 128 Å². The van der Waals surface area contributed by atoms with Crippen molar-refractivity contribution in [3.05, 3.63) is 0 Å². The van der Waals surface area contributed by atoms with E-state index in [1.807, 2.05) is 0 Å². The van der Waals surface area contributed by atoms with Gasteiger partial charge in [-0.15, -0.1) is 12.4 Å². The molecule has 4 nitrogen and oxygen atoms in total. The first-order valence-corrected chi connectivity index (χ1v) is 7.51. The Hall–Kier alpha value is -0.320. The van der Waals surface area contributed by atoms with Crippen molar-refractivity contribution in [3.63, 3.8) is 0 Å². The second kappa shape index (κ2) is 5.47. The van der Waals surface area contributed by atoms with Gasteiger partial charge in [0.1, 0.15) is 6.10 Å². The van der Waals surface area contributed by atoms with Gasteiger partial charge < -0.3 is 15.0 Å². The highest BCUT2D eigenvalue weighted by molar-refractivity contribution is 5.85.